The van der Waals surface area contributed by atoms with E-state index in [0.29, 0.717) is 12.5 Å². The molecule has 1 rings (SSSR count). The Kier molecular flexibility index (Phi) is 9.87. The molecule has 0 fully saturated rings. The summed E-state index contributed by atoms with van der Waals surface area (Å²) in [5.74, 6) is 0.394. The molecule has 8 heteroatoms. The number of nitro groups is 1. The van der Waals surface area contributed by atoms with Crippen LogP contribution in [-0.2, 0) is 4.79 Å². The van der Waals surface area contributed by atoms with Gasteiger partial charge in [-0.1, -0.05) is 13.8 Å². The van der Waals surface area contributed by atoms with Gasteiger partial charge in [-0.3, -0.25) is 14.9 Å². The molecule has 3 N–H and O–H groups in total. The van der Waals surface area contributed by atoms with Gasteiger partial charge in [-0.2, -0.15) is 0 Å². The summed E-state index contributed by atoms with van der Waals surface area (Å²) in [5, 5.41) is 13.3. The Hall–Kier alpha value is -1.31. The highest BCUT2D eigenvalue weighted by Gasteiger charge is 2.19. The molecule has 0 bridgehead atoms. The molecular formula is C15H24ClN3O3S. The fourth-order valence-corrected chi connectivity index (χ4v) is 2.88. The van der Waals surface area contributed by atoms with E-state index in [1.807, 2.05) is 6.92 Å². The molecule has 0 aromatic heterocycles. The number of carbonyl (C=O) groups excluding carboxylic acids is 1. The monoisotopic (exact) mass is 361 g/mol. The Morgan fingerprint density at radius 2 is 1.87 bits per heavy atom. The highest BCUT2D eigenvalue weighted by molar-refractivity contribution is 8.00. The lowest BCUT2D eigenvalue weighted by Crippen LogP contribution is -2.44. The molecule has 0 aliphatic carbocycles. The van der Waals surface area contributed by atoms with Crippen molar-refractivity contribution in [1.29, 1.82) is 0 Å². The first-order chi connectivity index (χ1) is 10.3. The standard InChI is InChI=1S/C15H23N3O3S.ClH/c1-10(2)8-12(9-16)17-15(19)11(3)22-14-6-4-13(5-7-14)18(20)21;/h4-7,10-12H,8-9,16H2,1-3H3,(H,17,19);1H. The van der Waals surface area contributed by atoms with Crippen molar-refractivity contribution in [1.82, 2.24) is 5.32 Å². The Balaban J connectivity index is 0.00000484. The van der Waals surface area contributed by atoms with Gasteiger partial charge in [0.1, 0.15) is 0 Å². The zero-order valence-corrected chi connectivity index (χ0v) is 15.2. The van der Waals surface area contributed by atoms with Crippen molar-refractivity contribution in [2.45, 2.75) is 43.4 Å². The smallest absolute Gasteiger partial charge is 0.269 e. The van der Waals surface area contributed by atoms with Gasteiger partial charge < -0.3 is 11.1 Å². The molecular weight excluding hydrogens is 338 g/mol. The number of hydrogen-bond acceptors (Lipinski definition) is 5. The predicted octanol–water partition coefficient (Wildman–Crippen LogP) is 2.99. The Morgan fingerprint density at radius 1 is 1.30 bits per heavy atom. The van der Waals surface area contributed by atoms with Crippen LogP contribution in [0.2, 0.25) is 0 Å². The first-order valence-electron chi connectivity index (χ1n) is 7.25. The number of nitro benzene ring substituents is 1. The maximum Gasteiger partial charge on any atom is 0.269 e. The van der Waals surface area contributed by atoms with E-state index in [2.05, 4.69) is 19.2 Å². The molecule has 23 heavy (non-hydrogen) atoms. The number of nitrogens with one attached hydrogen (secondary N) is 1. The second kappa shape index (κ2) is 10.5. The molecule has 0 spiro atoms. The van der Waals surface area contributed by atoms with Crippen molar-refractivity contribution in [2.24, 2.45) is 11.7 Å². The lowest BCUT2D eigenvalue weighted by atomic mass is 10.0. The average molecular weight is 362 g/mol. The third kappa shape index (κ3) is 7.67. The van der Waals surface area contributed by atoms with Gasteiger partial charge in [0, 0.05) is 29.6 Å². The number of amides is 1. The van der Waals surface area contributed by atoms with Crippen LogP contribution in [0.15, 0.2) is 29.2 Å². The number of nitrogens with zero attached hydrogens (tertiary/aromatic N) is 1. The number of hydrogen-bond donors (Lipinski definition) is 2. The highest BCUT2D eigenvalue weighted by Crippen LogP contribution is 2.25. The summed E-state index contributed by atoms with van der Waals surface area (Å²) >= 11 is 1.37. The Labute approximate surface area is 147 Å². The second-order valence-electron chi connectivity index (χ2n) is 5.58. The fourth-order valence-electron chi connectivity index (χ4n) is 2.01. The van der Waals surface area contributed by atoms with Gasteiger partial charge in [0.15, 0.2) is 0 Å². The van der Waals surface area contributed by atoms with Gasteiger partial charge in [0.05, 0.1) is 10.2 Å². The molecule has 6 nitrogen and oxygen atoms in total. The topological polar surface area (TPSA) is 98.3 Å². The van der Waals surface area contributed by atoms with E-state index in [1.54, 1.807) is 12.1 Å². The summed E-state index contributed by atoms with van der Waals surface area (Å²) in [6.45, 7) is 6.40. The minimum absolute atomic E-state index is 0. The van der Waals surface area contributed by atoms with Crippen LogP contribution in [0.1, 0.15) is 27.2 Å². The molecule has 1 amide bonds. The Bertz CT molecular complexity index is 511. The third-order valence-electron chi connectivity index (χ3n) is 3.12. The Morgan fingerprint density at radius 3 is 2.30 bits per heavy atom. The van der Waals surface area contributed by atoms with Gasteiger partial charge in [-0.25, -0.2) is 0 Å². The van der Waals surface area contributed by atoms with Crippen LogP contribution in [0.25, 0.3) is 0 Å². The predicted molar refractivity (Wildman–Crippen MR) is 96.1 cm³/mol. The minimum Gasteiger partial charge on any atom is -0.351 e. The lowest BCUT2D eigenvalue weighted by Gasteiger charge is -2.21. The van der Waals surface area contributed by atoms with Crippen LogP contribution in [0, 0.1) is 16.0 Å². The summed E-state index contributed by atoms with van der Waals surface area (Å²) in [6, 6.07) is 6.16. The largest absolute Gasteiger partial charge is 0.351 e. The van der Waals surface area contributed by atoms with E-state index >= 15 is 0 Å². The van der Waals surface area contributed by atoms with Gasteiger partial charge in [0.25, 0.3) is 5.69 Å². The van der Waals surface area contributed by atoms with Crippen molar-refractivity contribution in [3.63, 3.8) is 0 Å². The first kappa shape index (κ1) is 21.7. The number of nitrogens with two attached hydrogens (primary N) is 1. The van der Waals surface area contributed by atoms with Gasteiger partial charge in [0.2, 0.25) is 5.91 Å². The van der Waals surface area contributed by atoms with Gasteiger partial charge >= 0.3 is 0 Å². The van der Waals surface area contributed by atoms with E-state index in [0.717, 1.165) is 11.3 Å². The van der Waals surface area contributed by atoms with Crippen LogP contribution in [0.4, 0.5) is 5.69 Å². The second-order valence-corrected chi connectivity index (χ2v) is 7.00. The maximum absolute atomic E-state index is 12.2. The fraction of sp³-hybridized carbons (Fsp3) is 0.533. The van der Waals surface area contributed by atoms with E-state index in [-0.39, 0.29) is 35.3 Å². The summed E-state index contributed by atoms with van der Waals surface area (Å²) in [6.07, 6.45) is 0.844. The van der Waals surface area contributed by atoms with E-state index < -0.39 is 4.92 Å². The molecule has 1 aromatic carbocycles. The third-order valence-corrected chi connectivity index (χ3v) is 4.23. The number of carbonyl (C=O) groups is 1. The summed E-state index contributed by atoms with van der Waals surface area (Å²) in [4.78, 5) is 23.2. The van der Waals surface area contributed by atoms with Crippen molar-refractivity contribution in [2.75, 3.05) is 6.54 Å². The number of non-ortho nitro benzene ring substituents is 1. The van der Waals surface area contributed by atoms with E-state index in [9.17, 15) is 14.9 Å². The van der Waals surface area contributed by atoms with Crippen LogP contribution >= 0.6 is 24.2 Å². The van der Waals surface area contributed by atoms with E-state index in [1.165, 1.54) is 23.9 Å². The zero-order valence-electron chi connectivity index (χ0n) is 13.5. The molecule has 1 aromatic rings. The number of thioether (sulfide) groups is 1. The normalized spacial score (nSPS) is 13.1. The number of rotatable bonds is 8. The van der Waals surface area contributed by atoms with Crippen molar-refractivity contribution >= 4 is 35.8 Å². The van der Waals surface area contributed by atoms with Gasteiger partial charge in [-0.15, -0.1) is 24.2 Å². The quantitative estimate of drug-likeness (QED) is 0.421. The number of benzene rings is 1. The maximum atomic E-state index is 12.2. The molecule has 0 aliphatic rings. The van der Waals surface area contributed by atoms with Crippen molar-refractivity contribution in [3.8, 4) is 0 Å². The van der Waals surface area contributed by atoms with Crippen LogP contribution in [0.3, 0.4) is 0 Å². The molecule has 130 valence electrons. The lowest BCUT2D eigenvalue weighted by molar-refractivity contribution is -0.384. The number of halogens is 1. The molecule has 0 aliphatic heterocycles. The van der Waals surface area contributed by atoms with Crippen LogP contribution in [0.5, 0.6) is 0 Å². The zero-order chi connectivity index (χ0) is 16.7. The minimum atomic E-state index is -0.442. The summed E-state index contributed by atoms with van der Waals surface area (Å²) in [7, 11) is 0. The molecule has 2 atom stereocenters. The molecule has 0 heterocycles. The average Bonchev–Trinajstić information content (AvgIpc) is 2.46. The molecule has 0 saturated carbocycles. The summed E-state index contributed by atoms with van der Waals surface area (Å²) < 4.78 is 0. The van der Waals surface area contributed by atoms with Gasteiger partial charge in [-0.05, 0) is 31.4 Å². The van der Waals surface area contributed by atoms with Crippen LogP contribution < -0.4 is 11.1 Å². The highest BCUT2D eigenvalue weighted by atomic mass is 35.5. The van der Waals surface area contributed by atoms with Crippen molar-refractivity contribution in [3.05, 3.63) is 34.4 Å². The molecule has 2 unspecified atom stereocenters. The molecule has 0 radical (unpaired) electrons. The first-order valence-corrected chi connectivity index (χ1v) is 8.13. The van der Waals surface area contributed by atoms with Crippen molar-refractivity contribution < 1.29 is 9.72 Å². The molecule has 0 saturated heterocycles. The summed E-state index contributed by atoms with van der Waals surface area (Å²) in [5.41, 5.74) is 5.72. The SMILES string of the molecule is CC(C)CC(CN)NC(=O)C(C)Sc1ccc([N+](=O)[O-])cc1.Cl. The van der Waals surface area contributed by atoms with E-state index in [4.69, 9.17) is 5.73 Å². The van der Waals surface area contributed by atoms with Crippen LogP contribution in [-0.4, -0.2) is 28.7 Å².